The van der Waals surface area contributed by atoms with E-state index in [0.717, 1.165) is 43.1 Å². The molecule has 206 valence electrons. The topological polar surface area (TPSA) is 90.9 Å². The normalized spacial score (nSPS) is 20.3. The average molecular weight is 539 g/mol. The highest BCUT2D eigenvalue weighted by Gasteiger charge is 2.39. The lowest BCUT2D eigenvalue weighted by atomic mass is 10.0. The van der Waals surface area contributed by atoms with Crippen molar-refractivity contribution in [1.29, 1.82) is 0 Å². The van der Waals surface area contributed by atoms with Gasteiger partial charge in [-0.3, -0.25) is 14.5 Å². The second-order valence-electron chi connectivity index (χ2n) is 10.7. The number of amides is 2. The van der Waals surface area contributed by atoms with E-state index in [4.69, 9.17) is 4.74 Å². The molecule has 0 aliphatic carbocycles. The molecule has 2 saturated heterocycles. The second kappa shape index (κ2) is 11.1. The average Bonchev–Trinajstić information content (AvgIpc) is 3.33. The minimum Gasteiger partial charge on any atom is -0.489 e. The number of rotatable bonds is 7. The molecule has 3 aromatic rings. The number of carbonyl (C=O) groups is 2. The third-order valence-electron chi connectivity index (χ3n) is 8.26. The molecule has 0 bridgehead atoms. The number of allylic oxidation sites excluding steroid dienone is 1. The second-order valence-corrected chi connectivity index (χ2v) is 10.7. The van der Waals surface area contributed by atoms with E-state index in [9.17, 15) is 9.59 Å². The molecule has 1 aromatic heterocycles. The largest absolute Gasteiger partial charge is 0.489 e. The summed E-state index contributed by atoms with van der Waals surface area (Å²) >= 11 is 0. The summed E-state index contributed by atoms with van der Waals surface area (Å²) in [5, 5.41) is 2.79. The van der Waals surface area contributed by atoms with Crippen LogP contribution in [-0.4, -0.2) is 63.8 Å². The van der Waals surface area contributed by atoms with Gasteiger partial charge in [-0.1, -0.05) is 36.9 Å². The first-order valence-corrected chi connectivity index (χ1v) is 13.9. The molecule has 4 heterocycles. The van der Waals surface area contributed by atoms with E-state index in [1.165, 1.54) is 5.56 Å². The van der Waals surface area contributed by atoms with Crippen LogP contribution in [0.4, 0.5) is 5.82 Å². The lowest BCUT2D eigenvalue weighted by Gasteiger charge is -2.38. The zero-order valence-corrected chi connectivity index (χ0v) is 22.8. The maximum Gasteiger partial charge on any atom is 0.255 e. The van der Waals surface area contributed by atoms with Crippen molar-refractivity contribution in [3.8, 4) is 5.75 Å². The number of nitrogens with zero attached hydrogens (tertiary/aromatic N) is 5. The fourth-order valence-electron chi connectivity index (χ4n) is 5.85. The SMILES string of the molecule is C=C1CCC(N2Cc3c(OCc4ccc([C@@H](C)N5CCN(c6ccncn6)CC5)cc4)cccc3C2=O)C(=O)N1. The first-order chi connectivity index (χ1) is 19.5. The van der Waals surface area contributed by atoms with E-state index in [1.54, 1.807) is 17.4 Å². The predicted molar refractivity (Wildman–Crippen MR) is 152 cm³/mol. The third-order valence-corrected chi connectivity index (χ3v) is 8.26. The van der Waals surface area contributed by atoms with Gasteiger partial charge in [-0.05, 0) is 49.1 Å². The van der Waals surface area contributed by atoms with Crippen molar-refractivity contribution >= 4 is 17.6 Å². The Bertz CT molecular complexity index is 1400. The van der Waals surface area contributed by atoms with Gasteiger partial charge in [0, 0.05) is 55.2 Å². The molecule has 2 aromatic carbocycles. The van der Waals surface area contributed by atoms with E-state index in [-0.39, 0.29) is 11.8 Å². The van der Waals surface area contributed by atoms with Crippen LogP contribution in [0.3, 0.4) is 0 Å². The molecule has 2 fully saturated rings. The van der Waals surface area contributed by atoms with Crippen molar-refractivity contribution in [2.45, 2.75) is 45.0 Å². The summed E-state index contributed by atoms with van der Waals surface area (Å²) < 4.78 is 6.21. The predicted octanol–water partition coefficient (Wildman–Crippen LogP) is 3.69. The summed E-state index contributed by atoms with van der Waals surface area (Å²) in [4.78, 5) is 40.5. The van der Waals surface area contributed by atoms with Gasteiger partial charge in [-0.15, -0.1) is 0 Å². The van der Waals surface area contributed by atoms with Gasteiger partial charge in [0.1, 0.15) is 30.5 Å². The molecular weight excluding hydrogens is 504 g/mol. The number of piperidine rings is 1. The maximum absolute atomic E-state index is 13.1. The van der Waals surface area contributed by atoms with Crippen molar-refractivity contribution < 1.29 is 14.3 Å². The monoisotopic (exact) mass is 538 g/mol. The standard InChI is InChI=1S/C31H34N6O3/c1-21-6-11-27(30(38)34-21)37-18-26-25(31(37)39)4-3-5-28(26)40-19-23-7-9-24(10-8-23)22(2)35-14-16-36(17-15-35)29-12-13-32-20-33-29/h3-5,7-10,12-13,20,22,27H,1,6,11,14-19H2,2H3,(H,34,38)/t22-,27?/m1/s1. The maximum atomic E-state index is 13.1. The van der Waals surface area contributed by atoms with E-state index >= 15 is 0 Å². The first-order valence-electron chi connectivity index (χ1n) is 13.9. The Hall–Kier alpha value is -4.24. The van der Waals surface area contributed by atoms with Crippen LogP contribution in [0.5, 0.6) is 5.75 Å². The molecule has 0 saturated carbocycles. The van der Waals surface area contributed by atoms with Gasteiger partial charge in [0.15, 0.2) is 0 Å². The number of ether oxygens (including phenoxy) is 1. The Morgan fingerprint density at radius 3 is 2.60 bits per heavy atom. The van der Waals surface area contributed by atoms with Gasteiger partial charge in [-0.2, -0.15) is 0 Å². The molecule has 1 N–H and O–H groups in total. The summed E-state index contributed by atoms with van der Waals surface area (Å²) in [5.74, 6) is 1.39. The number of anilines is 1. The van der Waals surface area contributed by atoms with Crippen LogP contribution in [0.1, 0.15) is 52.9 Å². The molecule has 9 nitrogen and oxygen atoms in total. The van der Waals surface area contributed by atoms with Crippen molar-refractivity contribution in [2.75, 3.05) is 31.1 Å². The molecule has 40 heavy (non-hydrogen) atoms. The summed E-state index contributed by atoms with van der Waals surface area (Å²) in [6.07, 6.45) is 4.65. The first kappa shape index (κ1) is 26.0. The van der Waals surface area contributed by atoms with Crippen LogP contribution in [0.25, 0.3) is 0 Å². The molecule has 2 amide bonds. The molecular formula is C31H34N6O3. The number of aromatic nitrogens is 2. The smallest absolute Gasteiger partial charge is 0.255 e. The van der Waals surface area contributed by atoms with Crippen LogP contribution in [0, 0.1) is 0 Å². The van der Waals surface area contributed by atoms with Crippen molar-refractivity contribution in [2.24, 2.45) is 0 Å². The zero-order chi connectivity index (χ0) is 27.6. The number of hydrogen-bond acceptors (Lipinski definition) is 7. The molecule has 3 aliphatic rings. The molecule has 0 radical (unpaired) electrons. The van der Waals surface area contributed by atoms with Gasteiger partial charge in [0.25, 0.3) is 5.91 Å². The summed E-state index contributed by atoms with van der Waals surface area (Å²) in [6.45, 7) is 10.7. The minimum absolute atomic E-state index is 0.121. The third kappa shape index (κ3) is 5.16. The lowest BCUT2D eigenvalue weighted by molar-refractivity contribution is -0.126. The van der Waals surface area contributed by atoms with E-state index in [0.29, 0.717) is 49.0 Å². The fourth-order valence-corrected chi connectivity index (χ4v) is 5.85. The van der Waals surface area contributed by atoms with Gasteiger partial charge >= 0.3 is 0 Å². The van der Waals surface area contributed by atoms with Crippen molar-refractivity contribution in [3.63, 3.8) is 0 Å². The van der Waals surface area contributed by atoms with Crippen LogP contribution in [0.15, 0.2) is 73.3 Å². The Morgan fingerprint density at radius 1 is 1.07 bits per heavy atom. The summed E-state index contributed by atoms with van der Waals surface area (Å²) in [5.41, 5.74) is 4.49. The minimum atomic E-state index is -0.483. The van der Waals surface area contributed by atoms with Crippen molar-refractivity contribution in [1.82, 2.24) is 25.1 Å². The van der Waals surface area contributed by atoms with E-state index < -0.39 is 6.04 Å². The lowest BCUT2D eigenvalue weighted by Crippen LogP contribution is -2.49. The molecule has 9 heteroatoms. The van der Waals surface area contributed by atoms with Gasteiger partial charge < -0.3 is 19.9 Å². The van der Waals surface area contributed by atoms with E-state index in [2.05, 4.69) is 62.9 Å². The Morgan fingerprint density at radius 2 is 1.88 bits per heavy atom. The van der Waals surface area contributed by atoms with E-state index in [1.807, 2.05) is 24.3 Å². The molecule has 3 aliphatic heterocycles. The van der Waals surface area contributed by atoms with Gasteiger partial charge in [0.05, 0.1) is 6.54 Å². The van der Waals surface area contributed by atoms with Crippen LogP contribution in [0.2, 0.25) is 0 Å². The Balaban J connectivity index is 1.06. The number of fused-ring (bicyclic) bond motifs is 1. The van der Waals surface area contributed by atoms with Gasteiger partial charge in [-0.25, -0.2) is 9.97 Å². The quantitative estimate of drug-likeness (QED) is 0.491. The number of nitrogens with one attached hydrogen (secondary N) is 1. The number of piperazine rings is 1. The highest BCUT2D eigenvalue weighted by Crippen LogP contribution is 2.34. The van der Waals surface area contributed by atoms with Gasteiger partial charge in [0.2, 0.25) is 5.91 Å². The number of benzene rings is 2. The van der Waals surface area contributed by atoms with Crippen LogP contribution >= 0.6 is 0 Å². The number of carbonyl (C=O) groups excluding carboxylic acids is 2. The van der Waals surface area contributed by atoms with Crippen LogP contribution in [-0.2, 0) is 17.9 Å². The summed E-state index contributed by atoms with van der Waals surface area (Å²) in [7, 11) is 0. The molecule has 2 atom stereocenters. The Labute approximate surface area is 234 Å². The van der Waals surface area contributed by atoms with Crippen LogP contribution < -0.4 is 15.0 Å². The Kier molecular flexibility index (Phi) is 7.21. The van der Waals surface area contributed by atoms with Crippen molar-refractivity contribution in [3.05, 3.63) is 95.6 Å². The highest BCUT2D eigenvalue weighted by molar-refractivity contribution is 6.02. The number of hydrogen-bond donors (Lipinski definition) is 1. The molecule has 1 unspecified atom stereocenters. The zero-order valence-electron chi connectivity index (χ0n) is 22.8. The molecule has 6 rings (SSSR count). The highest BCUT2D eigenvalue weighted by atomic mass is 16.5. The molecule has 0 spiro atoms. The summed E-state index contributed by atoms with van der Waals surface area (Å²) in [6, 6.07) is 15.9. The fraction of sp³-hybridized carbons (Fsp3) is 0.355.